The molecule has 0 saturated carbocycles. The molecule has 1 N–H and O–H groups in total. The second-order valence-electron chi connectivity index (χ2n) is 13.4. The van der Waals surface area contributed by atoms with E-state index >= 15 is 0 Å². The molecule has 6 rings (SSSR count). The molecule has 3 amide bonds. The topological polar surface area (TPSA) is 109 Å². The van der Waals surface area contributed by atoms with E-state index in [9.17, 15) is 19.2 Å². The summed E-state index contributed by atoms with van der Waals surface area (Å²) in [4.78, 5) is 56.9. The molecule has 4 fully saturated rings. The molecule has 0 radical (unpaired) electrons. The Morgan fingerprint density at radius 3 is 2.32 bits per heavy atom. The molecule has 4 saturated heterocycles. The number of benzene rings is 1. The number of hydrogen-bond donors (Lipinski definition) is 1. The Balaban J connectivity index is 1.08. The van der Waals surface area contributed by atoms with Crippen molar-refractivity contribution in [3.05, 3.63) is 28.7 Å². The van der Waals surface area contributed by atoms with Gasteiger partial charge in [-0.2, -0.15) is 0 Å². The van der Waals surface area contributed by atoms with Gasteiger partial charge in [0, 0.05) is 58.8 Å². The van der Waals surface area contributed by atoms with Crippen molar-refractivity contribution in [3.8, 4) is 0 Å². The van der Waals surface area contributed by atoms with Gasteiger partial charge >= 0.3 is 11.8 Å². The molecule has 41 heavy (non-hydrogen) atoms. The smallest absolute Gasteiger partial charge is 0.410 e. The predicted molar refractivity (Wildman–Crippen MR) is 155 cm³/mol. The molecule has 1 atom stereocenters. The highest BCUT2D eigenvalue weighted by atomic mass is 16.6. The molecule has 1 aromatic heterocycles. The number of amides is 3. The fourth-order valence-electron chi connectivity index (χ4n) is 7.25. The molecule has 1 spiro atoms. The number of hydrogen-bond acceptors (Lipinski definition) is 7. The number of ether oxygens (including phenoxy) is 1. The highest BCUT2D eigenvalue weighted by Crippen LogP contribution is 2.44. The Morgan fingerprint density at radius 2 is 1.68 bits per heavy atom. The van der Waals surface area contributed by atoms with E-state index in [1.54, 1.807) is 16.2 Å². The van der Waals surface area contributed by atoms with Gasteiger partial charge in [0.05, 0.1) is 16.7 Å². The average molecular weight is 567 g/mol. The standard InChI is InChI=1S/C30H42N6O5/c1-29(2,3)41-28(40)34-14-10-20(11-15-34)35-18-30(19-35)12-16-33(17-13-30)21-6-5-7-22-25(21)32(4)27(39)36(22)23-8-9-24(37)31-26(23)38/h5-7,20,23H,8-19H2,1-4H3,(H,31,37,38). The number of aryl methyl sites for hydroxylation is 1. The van der Waals surface area contributed by atoms with Crippen LogP contribution in [0.4, 0.5) is 10.5 Å². The van der Waals surface area contributed by atoms with E-state index in [1.807, 2.05) is 37.8 Å². The summed E-state index contributed by atoms with van der Waals surface area (Å²) in [5, 5.41) is 2.39. The lowest BCUT2D eigenvalue weighted by molar-refractivity contribution is -0.135. The van der Waals surface area contributed by atoms with Crippen molar-refractivity contribution < 1.29 is 19.1 Å². The Kier molecular flexibility index (Phi) is 6.91. The number of nitrogens with one attached hydrogen (secondary N) is 1. The van der Waals surface area contributed by atoms with Crippen molar-refractivity contribution in [2.75, 3.05) is 44.2 Å². The molecule has 5 heterocycles. The second-order valence-corrected chi connectivity index (χ2v) is 13.4. The first-order valence-corrected chi connectivity index (χ1v) is 15.0. The lowest BCUT2D eigenvalue weighted by Crippen LogP contribution is -2.64. The number of para-hydroxylation sites is 1. The molecule has 1 aromatic carbocycles. The van der Waals surface area contributed by atoms with Gasteiger partial charge in [-0.25, -0.2) is 9.59 Å². The van der Waals surface area contributed by atoms with Crippen LogP contribution in [0.15, 0.2) is 23.0 Å². The van der Waals surface area contributed by atoms with Gasteiger partial charge in [-0.1, -0.05) is 6.07 Å². The van der Waals surface area contributed by atoms with E-state index in [1.165, 1.54) is 0 Å². The zero-order chi connectivity index (χ0) is 29.1. The summed E-state index contributed by atoms with van der Waals surface area (Å²) in [5.41, 5.74) is 2.22. The number of piperidine rings is 3. The first-order valence-electron chi connectivity index (χ1n) is 15.0. The summed E-state index contributed by atoms with van der Waals surface area (Å²) in [7, 11) is 1.76. The summed E-state index contributed by atoms with van der Waals surface area (Å²) in [6, 6.07) is 5.76. The van der Waals surface area contributed by atoms with E-state index in [0.717, 1.165) is 81.7 Å². The number of imide groups is 1. The maximum Gasteiger partial charge on any atom is 0.410 e. The number of likely N-dealkylation sites (tertiary alicyclic amines) is 2. The molecule has 222 valence electrons. The Bertz CT molecular complexity index is 1410. The minimum atomic E-state index is -0.680. The molecule has 0 bridgehead atoms. The number of carbonyl (C=O) groups is 3. The zero-order valence-corrected chi connectivity index (χ0v) is 24.6. The fraction of sp³-hybridized carbons (Fsp3) is 0.667. The van der Waals surface area contributed by atoms with Gasteiger partial charge in [0.15, 0.2) is 0 Å². The minimum absolute atomic E-state index is 0.205. The van der Waals surface area contributed by atoms with Crippen molar-refractivity contribution in [3.63, 3.8) is 0 Å². The highest BCUT2D eigenvalue weighted by molar-refractivity contribution is 6.00. The first kappa shape index (κ1) is 27.8. The summed E-state index contributed by atoms with van der Waals surface area (Å²) in [6.07, 6.45) is 4.52. The van der Waals surface area contributed by atoms with Crippen LogP contribution in [0.2, 0.25) is 0 Å². The first-order chi connectivity index (χ1) is 19.4. The van der Waals surface area contributed by atoms with Gasteiger partial charge in [0.2, 0.25) is 11.8 Å². The Labute approximate surface area is 240 Å². The molecule has 11 nitrogen and oxygen atoms in total. The quantitative estimate of drug-likeness (QED) is 0.569. The SMILES string of the molecule is Cn1c(=O)n(C2CCC(=O)NC2=O)c2cccc(N3CCC4(CC3)CN(C3CCN(C(=O)OC(C)(C)C)CC3)C4)c21. The van der Waals surface area contributed by atoms with Crippen LogP contribution in [0.3, 0.4) is 0 Å². The Hall–Kier alpha value is -3.34. The fourth-order valence-corrected chi connectivity index (χ4v) is 7.25. The van der Waals surface area contributed by atoms with Crippen LogP contribution in [0.5, 0.6) is 0 Å². The molecule has 11 heteroatoms. The highest BCUT2D eigenvalue weighted by Gasteiger charge is 2.47. The number of rotatable bonds is 3. The third kappa shape index (κ3) is 5.13. The molecule has 1 unspecified atom stereocenters. The zero-order valence-electron chi connectivity index (χ0n) is 24.6. The van der Waals surface area contributed by atoms with Crippen molar-refractivity contribution >= 4 is 34.6 Å². The lowest BCUT2D eigenvalue weighted by Gasteiger charge is -2.57. The number of anilines is 1. The van der Waals surface area contributed by atoms with Crippen LogP contribution >= 0.6 is 0 Å². The number of imidazole rings is 1. The van der Waals surface area contributed by atoms with Crippen LogP contribution < -0.4 is 15.9 Å². The number of fused-ring (bicyclic) bond motifs is 1. The lowest BCUT2D eigenvalue weighted by atomic mass is 9.70. The molecule has 4 aliphatic heterocycles. The van der Waals surface area contributed by atoms with Crippen LogP contribution in [-0.2, 0) is 21.4 Å². The van der Waals surface area contributed by atoms with E-state index in [2.05, 4.69) is 21.2 Å². The third-order valence-electron chi connectivity index (χ3n) is 9.48. The Morgan fingerprint density at radius 1 is 1.00 bits per heavy atom. The largest absolute Gasteiger partial charge is 0.444 e. The van der Waals surface area contributed by atoms with E-state index in [4.69, 9.17) is 4.74 Å². The van der Waals surface area contributed by atoms with Gasteiger partial charge in [0.1, 0.15) is 11.6 Å². The van der Waals surface area contributed by atoms with Crippen LogP contribution in [0, 0.1) is 5.41 Å². The third-order valence-corrected chi connectivity index (χ3v) is 9.48. The van der Waals surface area contributed by atoms with Crippen LogP contribution in [0.1, 0.15) is 65.3 Å². The molecular weight excluding hydrogens is 524 g/mol. The van der Waals surface area contributed by atoms with Crippen molar-refractivity contribution in [1.29, 1.82) is 0 Å². The van der Waals surface area contributed by atoms with Crippen LogP contribution in [0.25, 0.3) is 11.0 Å². The second kappa shape index (κ2) is 10.2. The van der Waals surface area contributed by atoms with Gasteiger partial charge in [-0.05, 0) is 70.4 Å². The minimum Gasteiger partial charge on any atom is -0.444 e. The van der Waals surface area contributed by atoms with Crippen LogP contribution in [-0.4, -0.2) is 87.8 Å². The van der Waals surface area contributed by atoms with Gasteiger partial charge in [0.25, 0.3) is 0 Å². The molecule has 2 aromatic rings. The summed E-state index contributed by atoms with van der Waals surface area (Å²) in [6.45, 7) is 11.3. The summed E-state index contributed by atoms with van der Waals surface area (Å²) in [5.74, 6) is -0.700. The van der Waals surface area contributed by atoms with E-state index < -0.39 is 17.6 Å². The van der Waals surface area contributed by atoms with Crippen molar-refractivity contribution in [2.24, 2.45) is 12.5 Å². The maximum absolute atomic E-state index is 13.3. The summed E-state index contributed by atoms with van der Waals surface area (Å²) >= 11 is 0. The predicted octanol–water partition coefficient (Wildman–Crippen LogP) is 2.62. The van der Waals surface area contributed by atoms with Crippen molar-refractivity contribution in [1.82, 2.24) is 24.3 Å². The average Bonchev–Trinajstić information content (AvgIpc) is 3.16. The van der Waals surface area contributed by atoms with E-state index in [0.29, 0.717) is 17.9 Å². The van der Waals surface area contributed by atoms with Gasteiger partial charge in [-0.15, -0.1) is 0 Å². The van der Waals surface area contributed by atoms with Crippen molar-refractivity contribution in [2.45, 2.75) is 77.0 Å². The maximum atomic E-state index is 13.3. The normalized spacial score (nSPS) is 24.0. The number of nitrogens with zero attached hydrogens (tertiary/aromatic N) is 5. The summed E-state index contributed by atoms with van der Waals surface area (Å²) < 4.78 is 8.76. The molecule has 4 aliphatic rings. The number of carbonyl (C=O) groups excluding carboxylic acids is 3. The molecular formula is C30H42N6O5. The molecule has 0 aliphatic carbocycles. The van der Waals surface area contributed by atoms with Gasteiger partial charge in [-0.3, -0.25) is 28.9 Å². The van der Waals surface area contributed by atoms with E-state index in [-0.39, 0.29) is 24.1 Å². The van der Waals surface area contributed by atoms with Gasteiger partial charge < -0.3 is 14.5 Å². The number of aromatic nitrogens is 2. The monoisotopic (exact) mass is 566 g/mol.